The second-order valence-electron chi connectivity index (χ2n) is 4.82. The van der Waals surface area contributed by atoms with E-state index < -0.39 is 0 Å². The zero-order valence-corrected chi connectivity index (χ0v) is 12.7. The first-order valence-corrected chi connectivity index (χ1v) is 7.25. The van der Waals surface area contributed by atoms with Crippen LogP contribution >= 0.6 is 0 Å². The van der Waals surface area contributed by atoms with Crippen molar-refractivity contribution < 1.29 is 4.39 Å². The fourth-order valence-electron chi connectivity index (χ4n) is 2.25. The molecule has 0 saturated heterocycles. The highest BCUT2D eigenvalue weighted by atomic mass is 19.1. The quantitative estimate of drug-likeness (QED) is 0.878. The predicted octanol–water partition coefficient (Wildman–Crippen LogP) is 3.77. The molecule has 2 aromatic rings. The Kier molecular flexibility index (Phi) is 5.09. The number of aromatic nitrogens is 2. The molecule has 1 aromatic heterocycles. The largest absolute Gasteiger partial charge is 0.370 e. The summed E-state index contributed by atoms with van der Waals surface area (Å²) in [6, 6.07) is 6.70. The lowest BCUT2D eigenvalue weighted by atomic mass is 10.2. The maximum Gasteiger partial charge on any atom is 0.146 e. The highest BCUT2D eigenvalue weighted by Crippen LogP contribution is 2.30. The Morgan fingerprint density at radius 2 is 1.95 bits per heavy atom. The standard InChI is InChI=1S/C16H21FN4/c1-4-10-18-15-12(5-2)16(20-11-19-15)21(3)14-9-7-6-8-13(14)17/h6-9,11H,4-5,10H2,1-3H3,(H,18,19,20). The highest BCUT2D eigenvalue weighted by Gasteiger charge is 2.16. The molecule has 1 N–H and O–H groups in total. The third kappa shape index (κ3) is 3.29. The Morgan fingerprint density at radius 3 is 2.62 bits per heavy atom. The molecule has 2 rings (SSSR count). The van der Waals surface area contributed by atoms with Crippen molar-refractivity contribution in [1.29, 1.82) is 0 Å². The molecule has 0 atom stereocenters. The van der Waals surface area contributed by atoms with E-state index in [4.69, 9.17) is 0 Å². The summed E-state index contributed by atoms with van der Waals surface area (Å²) in [6.45, 7) is 5.01. The van der Waals surface area contributed by atoms with Crippen LogP contribution in [0.1, 0.15) is 25.8 Å². The number of anilines is 3. The van der Waals surface area contributed by atoms with Crippen molar-refractivity contribution in [2.24, 2.45) is 0 Å². The van der Waals surface area contributed by atoms with Gasteiger partial charge in [-0.05, 0) is 25.0 Å². The van der Waals surface area contributed by atoms with Gasteiger partial charge in [0.25, 0.3) is 0 Å². The van der Waals surface area contributed by atoms with Crippen molar-refractivity contribution >= 4 is 17.3 Å². The van der Waals surface area contributed by atoms with Crippen molar-refractivity contribution in [2.75, 3.05) is 23.8 Å². The lowest BCUT2D eigenvalue weighted by Gasteiger charge is -2.22. The second kappa shape index (κ2) is 7.02. The number of benzene rings is 1. The third-order valence-corrected chi connectivity index (χ3v) is 3.35. The van der Waals surface area contributed by atoms with Crippen LogP contribution in [0.15, 0.2) is 30.6 Å². The minimum Gasteiger partial charge on any atom is -0.370 e. The molecule has 0 amide bonds. The number of nitrogens with zero attached hydrogens (tertiary/aromatic N) is 3. The van der Waals surface area contributed by atoms with Gasteiger partial charge in [-0.15, -0.1) is 0 Å². The van der Waals surface area contributed by atoms with Crippen molar-refractivity contribution in [1.82, 2.24) is 9.97 Å². The van der Waals surface area contributed by atoms with Gasteiger partial charge >= 0.3 is 0 Å². The molecule has 0 radical (unpaired) electrons. The van der Waals surface area contributed by atoms with Crippen LogP contribution in [0.2, 0.25) is 0 Å². The summed E-state index contributed by atoms with van der Waals surface area (Å²) in [6.07, 6.45) is 3.32. The van der Waals surface area contributed by atoms with E-state index in [1.165, 1.54) is 12.4 Å². The summed E-state index contributed by atoms with van der Waals surface area (Å²) >= 11 is 0. The molecule has 112 valence electrons. The molecule has 0 unspecified atom stereocenters. The van der Waals surface area contributed by atoms with Crippen LogP contribution in [0, 0.1) is 5.82 Å². The second-order valence-corrected chi connectivity index (χ2v) is 4.82. The Balaban J connectivity index is 2.41. The molecule has 0 aliphatic heterocycles. The summed E-state index contributed by atoms with van der Waals surface area (Å²) in [5.41, 5.74) is 1.50. The molecule has 0 fully saturated rings. The van der Waals surface area contributed by atoms with E-state index in [1.807, 2.05) is 13.1 Å². The van der Waals surface area contributed by atoms with Crippen LogP contribution in [0.4, 0.5) is 21.7 Å². The van der Waals surface area contributed by atoms with Gasteiger partial charge in [0.15, 0.2) is 0 Å². The number of hydrogen-bond acceptors (Lipinski definition) is 4. The summed E-state index contributed by atoms with van der Waals surface area (Å²) in [4.78, 5) is 10.4. The van der Waals surface area contributed by atoms with E-state index in [0.29, 0.717) is 5.69 Å². The number of halogens is 1. The summed E-state index contributed by atoms with van der Waals surface area (Å²) in [7, 11) is 1.82. The van der Waals surface area contributed by atoms with Crippen LogP contribution < -0.4 is 10.2 Å². The van der Waals surface area contributed by atoms with Crippen LogP contribution in [-0.4, -0.2) is 23.6 Å². The van der Waals surface area contributed by atoms with Gasteiger partial charge in [-0.3, -0.25) is 0 Å². The van der Waals surface area contributed by atoms with E-state index in [-0.39, 0.29) is 5.82 Å². The molecule has 0 spiro atoms. The Labute approximate surface area is 125 Å². The average Bonchev–Trinajstić information content (AvgIpc) is 2.52. The molecule has 0 aliphatic carbocycles. The molecular formula is C16H21FN4. The molecule has 0 bridgehead atoms. The molecule has 21 heavy (non-hydrogen) atoms. The third-order valence-electron chi connectivity index (χ3n) is 3.35. The van der Waals surface area contributed by atoms with Gasteiger partial charge in [0, 0.05) is 19.2 Å². The smallest absolute Gasteiger partial charge is 0.146 e. The van der Waals surface area contributed by atoms with E-state index in [1.54, 1.807) is 17.0 Å². The van der Waals surface area contributed by atoms with Crippen LogP contribution in [0.5, 0.6) is 0 Å². The molecule has 5 heteroatoms. The summed E-state index contributed by atoms with van der Waals surface area (Å²) < 4.78 is 14.0. The zero-order valence-electron chi connectivity index (χ0n) is 12.7. The molecule has 4 nitrogen and oxygen atoms in total. The highest BCUT2D eigenvalue weighted by molar-refractivity contribution is 5.67. The Hall–Kier alpha value is -2.17. The monoisotopic (exact) mass is 288 g/mol. The molecule has 1 aromatic carbocycles. The Morgan fingerprint density at radius 1 is 1.19 bits per heavy atom. The predicted molar refractivity (Wildman–Crippen MR) is 84.7 cm³/mol. The normalized spacial score (nSPS) is 10.5. The van der Waals surface area contributed by atoms with Crippen LogP contribution in [0.3, 0.4) is 0 Å². The van der Waals surface area contributed by atoms with Gasteiger partial charge in [-0.25, -0.2) is 14.4 Å². The lowest BCUT2D eigenvalue weighted by Crippen LogP contribution is -2.17. The minimum atomic E-state index is -0.260. The number of rotatable bonds is 6. The first-order chi connectivity index (χ1) is 10.2. The number of nitrogens with one attached hydrogen (secondary N) is 1. The number of para-hydroxylation sites is 1. The van der Waals surface area contributed by atoms with Gasteiger partial charge < -0.3 is 10.2 Å². The van der Waals surface area contributed by atoms with Crippen LogP contribution in [-0.2, 0) is 6.42 Å². The Bertz CT molecular complexity index is 601. The van der Waals surface area contributed by atoms with Crippen molar-refractivity contribution in [3.8, 4) is 0 Å². The minimum absolute atomic E-state index is 0.260. The summed E-state index contributed by atoms with van der Waals surface area (Å²) in [5, 5.41) is 3.30. The van der Waals surface area contributed by atoms with Gasteiger partial charge in [0.2, 0.25) is 0 Å². The van der Waals surface area contributed by atoms with Gasteiger partial charge in [0.05, 0.1) is 5.69 Å². The SMILES string of the molecule is CCCNc1ncnc(N(C)c2ccccc2F)c1CC. The maximum absolute atomic E-state index is 14.0. The van der Waals surface area contributed by atoms with Gasteiger partial charge in [-0.2, -0.15) is 0 Å². The number of hydrogen-bond donors (Lipinski definition) is 1. The topological polar surface area (TPSA) is 41.1 Å². The van der Waals surface area contributed by atoms with E-state index in [9.17, 15) is 4.39 Å². The molecular weight excluding hydrogens is 267 g/mol. The molecule has 0 saturated carbocycles. The van der Waals surface area contributed by atoms with E-state index >= 15 is 0 Å². The van der Waals surface area contributed by atoms with Crippen molar-refractivity contribution in [2.45, 2.75) is 26.7 Å². The van der Waals surface area contributed by atoms with Crippen molar-refractivity contribution in [3.05, 3.63) is 42.0 Å². The lowest BCUT2D eigenvalue weighted by molar-refractivity contribution is 0.627. The van der Waals surface area contributed by atoms with Crippen LogP contribution in [0.25, 0.3) is 0 Å². The first-order valence-electron chi connectivity index (χ1n) is 7.25. The van der Waals surface area contributed by atoms with Crippen molar-refractivity contribution in [3.63, 3.8) is 0 Å². The van der Waals surface area contributed by atoms with E-state index in [2.05, 4.69) is 29.1 Å². The van der Waals surface area contributed by atoms with Gasteiger partial charge in [-0.1, -0.05) is 26.0 Å². The first kappa shape index (κ1) is 15.2. The van der Waals surface area contributed by atoms with Gasteiger partial charge in [0.1, 0.15) is 23.8 Å². The van der Waals surface area contributed by atoms with E-state index in [0.717, 1.165) is 36.6 Å². The molecule has 0 aliphatic rings. The maximum atomic E-state index is 14.0. The fraction of sp³-hybridized carbons (Fsp3) is 0.375. The average molecular weight is 288 g/mol. The fourth-order valence-corrected chi connectivity index (χ4v) is 2.25. The zero-order chi connectivity index (χ0) is 15.2. The summed E-state index contributed by atoms with van der Waals surface area (Å²) in [5.74, 6) is 1.30. The molecule has 1 heterocycles.